The summed E-state index contributed by atoms with van der Waals surface area (Å²) in [4.78, 5) is 11.6. The molecule has 1 rings (SSSR count). The predicted octanol–water partition coefficient (Wildman–Crippen LogP) is 1.35. The van der Waals surface area contributed by atoms with Crippen molar-refractivity contribution in [2.24, 2.45) is 12.5 Å². The van der Waals surface area contributed by atoms with Crippen LogP contribution in [0.1, 0.15) is 25.2 Å². The van der Waals surface area contributed by atoms with Crippen molar-refractivity contribution in [3.63, 3.8) is 0 Å². The number of halogens is 1. The van der Waals surface area contributed by atoms with E-state index in [-0.39, 0.29) is 5.91 Å². The molecule has 0 saturated carbocycles. The lowest BCUT2D eigenvalue weighted by Gasteiger charge is -2.23. The third-order valence-corrected chi connectivity index (χ3v) is 3.99. The van der Waals surface area contributed by atoms with Gasteiger partial charge in [-0.1, -0.05) is 0 Å². The summed E-state index contributed by atoms with van der Waals surface area (Å²) in [7, 11) is 3.57. The third kappa shape index (κ3) is 3.32. The quantitative estimate of drug-likeness (QED) is 0.862. The first-order chi connectivity index (χ1) is 8.29. The fourth-order valence-electron chi connectivity index (χ4n) is 1.78. The highest BCUT2D eigenvalue weighted by molar-refractivity contribution is 9.10. The number of nitrogens with one attached hydrogen (secondary N) is 2. The first-order valence-electron chi connectivity index (χ1n) is 5.90. The summed E-state index contributed by atoms with van der Waals surface area (Å²) in [6, 6.07) is 0. The molecule has 0 spiro atoms. The predicted molar refractivity (Wildman–Crippen MR) is 75.2 cm³/mol. The molecule has 1 heterocycles. The van der Waals surface area contributed by atoms with Gasteiger partial charge in [0.1, 0.15) is 0 Å². The molecule has 1 aromatic rings. The Morgan fingerprint density at radius 2 is 2.11 bits per heavy atom. The summed E-state index contributed by atoms with van der Waals surface area (Å²) in [6.07, 6.45) is 0. The Morgan fingerprint density at radius 1 is 1.50 bits per heavy atom. The number of carbonyl (C=O) groups excluding carboxylic acids is 1. The fraction of sp³-hybridized carbons (Fsp3) is 0.667. The molecule has 0 radical (unpaired) electrons. The molecule has 0 atom stereocenters. The minimum atomic E-state index is -0.422. The number of carbonyl (C=O) groups is 1. The second kappa shape index (κ2) is 5.84. The molecule has 1 aromatic heterocycles. The summed E-state index contributed by atoms with van der Waals surface area (Å²) in [5.74, 6) is 0.0373. The van der Waals surface area contributed by atoms with Gasteiger partial charge in [-0.05, 0) is 36.7 Å². The second-order valence-electron chi connectivity index (χ2n) is 5.04. The van der Waals surface area contributed by atoms with Gasteiger partial charge in [0.05, 0.1) is 21.3 Å². The van der Waals surface area contributed by atoms with Gasteiger partial charge < -0.3 is 10.6 Å². The van der Waals surface area contributed by atoms with Crippen LogP contribution < -0.4 is 10.6 Å². The summed E-state index contributed by atoms with van der Waals surface area (Å²) < 4.78 is 2.87. The van der Waals surface area contributed by atoms with E-state index in [4.69, 9.17) is 0 Å². The van der Waals surface area contributed by atoms with Gasteiger partial charge in [0, 0.05) is 27.2 Å². The highest BCUT2D eigenvalue weighted by atomic mass is 79.9. The summed E-state index contributed by atoms with van der Waals surface area (Å²) in [5, 5.41) is 10.3. The van der Waals surface area contributed by atoms with E-state index in [9.17, 15) is 4.79 Å². The average Bonchev–Trinajstić information content (AvgIpc) is 2.54. The van der Waals surface area contributed by atoms with Crippen LogP contribution in [0, 0.1) is 12.3 Å². The van der Waals surface area contributed by atoms with E-state index in [0.717, 1.165) is 15.9 Å². The molecule has 102 valence electrons. The zero-order valence-electron chi connectivity index (χ0n) is 11.6. The first kappa shape index (κ1) is 15.2. The number of amides is 1. The van der Waals surface area contributed by atoms with E-state index in [2.05, 4.69) is 31.7 Å². The van der Waals surface area contributed by atoms with Crippen LogP contribution in [0.2, 0.25) is 0 Å². The molecule has 0 saturated heterocycles. The lowest BCUT2D eigenvalue weighted by Crippen LogP contribution is -2.42. The van der Waals surface area contributed by atoms with E-state index < -0.39 is 5.41 Å². The van der Waals surface area contributed by atoms with Crippen LogP contribution in [0.3, 0.4) is 0 Å². The van der Waals surface area contributed by atoms with Gasteiger partial charge >= 0.3 is 0 Å². The van der Waals surface area contributed by atoms with Crippen LogP contribution >= 0.6 is 15.9 Å². The van der Waals surface area contributed by atoms with Gasteiger partial charge in [0.2, 0.25) is 5.91 Å². The zero-order valence-corrected chi connectivity index (χ0v) is 13.2. The van der Waals surface area contributed by atoms with Gasteiger partial charge in [-0.15, -0.1) is 0 Å². The normalized spacial score (nSPS) is 11.7. The number of hydrogen-bond acceptors (Lipinski definition) is 3. The molecule has 0 unspecified atom stereocenters. The lowest BCUT2D eigenvalue weighted by atomic mass is 9.92. The van der Waals surface area contributed by atoms with Crippen LogP contribution in [0.25, 0.3) is 0 Å². The zero-order chi connectivity index (χ0) is 13.9. The van der Waals surface area contributed by atoms with Crippen LogP contribution in [0.4, 0.5) is 0 Å². The molecule has 6 heteroatoms. The Labute approximate surface area is 116 Å². The molecule has 0 aliphatic rings. The standard InChI is InChI=1S/C12H21BrN4O/c1-8-10(13)9(17(5)16-8)6-15-7-12(2,3)11(18)14-4/h15H,6-7H2,1-5H3,(H,14,18). The smallest absolute Gasteiger partial charge is 0.226 e. The molecule has 0 aliphatic carbocycles. The molecule has 0 aromatic carbocycles. The maximum atomic E-state index is 11.6. The van der Waals surface area contributed by atoms with E-state index in [1.165, 1.54) is 0 Å². The van der Waals surface area contributed by atoms with Crippen molar-refractivity contribution in [3.05, 3.63) is 15.9 Å². The molecule has 0 fully saturated rings. The van der Waals surface area contributed by atoms with Gasteiger partial charge in [-0.2, -0.15) is 5.10 Å². The largest absolute Gasteiger partial charge is 0.359 e. The van der Waals surface area contributed by atoms with Gasteiger partial charge in [0.15, 0.2) is 0 Å². The van der Waals surface area contributed by atoms with Crippen molar-refractivity contribution >= 4 is 21.8 Å². The van der Waals surface area contributed by atoms with Crippen molar-refractivity contribution in [1.29, 1.82) is 0 Å². The van der Waals surface area contributed by atoms with Crippen LogP contribution in [0.5, 0.6) is 0 Å². The van der Waals surface area contributed by atoms with Crippen molar-refractivity contribution in [1.82, 2.24) is 20.4 Å². The molecule has 0 aliphatic heterocycles. The molecule has 0 bridgehead atoms. The summed E-state index contributed by atoms with van der Waals surface area (Å²) >= 11 is 3.52. The summed E-state index contributed by atoms with van der Waals surface area (Å²) in [5.41, 5.74) is 1.63. The van der Waals surface area contributed by atoms with Gasteiger partial charge in [-0.25, -0.2) is 0 Å². The van der Waals surface area contributed by atoms with Gasteiger partial charge in [-0.3, -0.25) is 9.48 Å². The maximum Gasteiger partial charge on any atom is 0.226 e. The minimum Gasteiger partial charge on any atom is -0.359 e. The number of rotatable bonds is 5. The number of nitrogens with zero attached hydrogens (tertiary/aromatic N) is 2. The molecule has 5 nitrogen and oxygen atoms in total. The van der Waals surface area contributed by atoms with Crippen molar-refractivity contribution in [2.45, 2.75) is 27.3 Å². The fourth-order valence-corrected chi connectivity index (χ4v) is 2.26. The number of aryl methyl sites for hydroxylation is 2. The Morgan fingerprint density at radius 3 is 2.56 bits per heavy atom. The Kier molecular flexibility index (Phi) is 4.92. The van der Waals surface area contributed by atoms with E-state index in [0.29, 0.717) is 13.1 Å². The topological polar surface area (TPSA) is 59.0 Å². The SMILES string of the molecule is CNC(=O)C(C)(C)CNCc1c(Br)c(C)nn1C. The monoisotopic (exact) mass is 316 g/mol. The molecule has 2 N–H and O–H groups in total. The van der Waals surface area contributed by atoms with E-state index in [1.807, 2.05) is 32.5 Å². The second-order valence-corrected chi connectivity index (χ2v) is 5.83. The van der Waals surface area contributed by atoms with Crippen LogP contribution in [-0.4, -0.2) is 29.3 Å². The van der Waals surface area contributed by atoms with E-state index in [1.54, 1.807) is 7.05 Å². The lowest BCUT2D eigenvalue weighted by molar-refractivity contribution is -0.128. The van der Waals surface area contributed by atoms with Crippen LogP contribution in [-0.2, 0) is 18.4 Å². The molecule has 1 amide bonds. The number of hydrogen-bond donors (Lipinski definition) is 2. The van der Waals surface area contributed by atoms with E-state index >= 15 is 0 Å². The average molecular weight is 317 g/mol. The molecular formula is C12H21BrN4O. The maximum absolute atomic E-state index is 11.6. The Bertz CT molecular complexity index is 440. The van der Waals surface area contributed by atoms with Gasteiger partial charge in [0.25, 0.3) is 0 Å². The van der Waals surface area contributed by atoms with Crippen molar-refractivity contribution in [2.75, 3.05) is 13.6 Å². The summed E-state index contributed by atoms with van der Waals surface area (Å²) in [6.45, 7) is 7.09. The molecular weight excluding hydrogens is 296 g/mol. The van der Waals surface area contributed by atoms with Crippen LogP contribution in [0.15, 0.2) is 4.47 Å². The Balaban J connectivity index is 2.59. The minimum absolute atomic E-state index is 0.0373. The van der Waals surface area contributed by atoms with Crippen molar-refractivity contribution in [3.8, 4) is 0 Å². The highest BCUT2D eigenvalue weighted by Crippen LogP contribution is 2.20. The van der Waals surface area contributed by atoms with Crippen molar-refractivity contribution < 1.29 is 4.79 Å². The highest BCUT2D eigenvalue weighted by Gasteiger charge is 2.26. The first-order valence-corrected chi connectivity index (χ1v) is 6.69. The number of aromatic nitrogens is 2. The Hall–Kier alpha value is -0.880. The molecule has 18 heavy (non-hydrogen) atoms. The third-order valence-electron chi connectivity index (χ3n) is 2.96.